The van der Waals surface area contributed by atoms with Gasteiger partial charge >= 0.3 is 0 Å². The van der Waals surface area contributed by atoms with Crippen LogP contribution in [0, 0.1) is 0 Å². The number of amides is 1. The first-order valence-corrected chi connectivity index (χ1v) is 11.9. The first-order chi connectivity index (χ1) is 14.8. The molecule has 0 saturated carbocycles. The third-order valence-electron chi connectivity index (χ3n) is 5.40. The van der Waals surface area contributed by atoms with Crippen molar-refractivity contribution >= 4 is 27.3 Å². The monoisotopic (exact) mass is 447 g/mol. The zero-order valence-corrected chi connectivity index (χ0v) is 19.1. The van der Waals surface area contributed by atoms with Gasteiger partial charge in [-0.1, -0.05) is 18.2 Å². The third kappa shape index (κ3) is 5.04. The Kier molecular flexibility index (Phi) is 6.94. The van der Waals surface area contributed by atoms with Gasteiger partial charge in [-0.05, 0) is 31.2 Å². The van der Waals surface area contributed by atoms with E-state index in [4.69, 9.17) is 9.47 Å². The van der Waals surface area contributed by atoms with Crippen LogP contribution >= 0.6 is 0 Å². The molecule has 9 heteroatoms. The quantitative estimate of drug-likeness (QED) is 0.648. The number of sulfonamides is 1. The minimum absolute atomic E-state index is 0.229. The standard InChI is InChI=1S/C22H29N3O5S/c1-17(22(26)24-14-12-23(13-15-24)18-8-6-5-7-9-18)25(31(4,27)28)19-10-11-20(29-2)21(16-19)30-3/h5-11,16-17H,12-15H2,1-4H3/t17-/m1/s1. The van der Waals surface area contributed by atoms with Crippen LogP contribution in [0.3, 0.4) is 0 Å². The fourth-order valence-electron chi connectivity index (χ4n) is 3.85. The largest absolute Gasteiger partial charge is 0.493 e. The molecule has 31 heavy (non-hydrogen) atoms. The molecule has 1 atom stereocenters. The smallest absolute Gasteiger partial charge is 0.246 e. The lowest BCUT2D eigenvalue weighted by Gasteiger charge is -2.39. The predicted octanol–water partition coefficient (Wildman–Crippen LogP) is 2.21. The second-order valence-electron chi connectivity index (χ2n) is 7.42. The van der Waals surface area contributed by atoms with E-state index in [0.717, 1.165) is 16.2 Å². The van der Waals surface area contributed by atoms with Gasteiger partial charge in [0.1, 0.15) is 6.04 Å². The normalized spacial score (nSPS) is 15.4. The molecule has 0 spiro atoms. The Morgan fingerprint density at radius 3 is 2.13 bits per heavy atom. The molecule has 0 unspecified atom stereocenters. The summed E-state index contributed by atoms with van der Waals surface area (Å²) in [7, 11) is -0.734. The van der Waals surface area contributed by atoms with Gasteiger partial charge in [-0.2, -0.15) is 0 Å². The highest BCUT2D eigenvalue weighted by molar-refractivity contribution is 7.92. The molecule has 168 valence electrons. The summed E-state index contributed by atoms with van der Waals surface area (Å²) >= 11 is 0. The van der Waals surface area contributed by atoms with Gasteiger partial charge in [0.05, 0.1) is 26.2 Å². The van der Waals surface area contributed by atoms with Crippen LogP contribution in [0.25, 0.3) is 0 Å². The number of carbonyl (C=O) groups excluding carboxylic acids is 1. The summed E-state index contributed by atoms with van der Waals surface area (Å²) in [4.78, 5) is 17.2. The van der Waals surface area contributed by atoms with Crippen molar-refractivity contribution in [3.05, 3.63) is 48.5 Å². The average molecular weight is 448 g/mol. The average Bonchev–Trinajstić information content (AvgIpc) is 2.78. The molecule has 3 rings (SSSR count). The number of hydrogen-bond donors (Lipinski definition) is 0. The highest BCUT2D eigenvalue weighted by Gasteiger charge is 2.33. The zero-order chi connectivity index (χ0) is 22.6. The molecule has 1 heterocycles. The Hall–Kier alpha value is -2.94. The van der Waals surface area contributed by atoms with Crippen molar-refractivity contribution in [2.75, 3.05) is 55.9 Å². The van der Waals surface area contributed by atoms with Crippen LogP contribution < -0.4 is 18.7 Å². The molecule has 0 radical (unpaired) electrons. The van der Waals surface area contributed by atoms with E-state index in [1.54, 1.807) is 30.0 Å². The van der Waals surface area contributed by atoms with Gasteiger partial charge in [0.15, 0.2) is 11.5 Å². The number of ether oxygens (including phenoxy) is 2. The number of benzene rings is 2. The number of hydrogen-bond acceptors (Lipinski definition) is 6. The summed E-state index contributed by atoms with van der Waals surface area (Å²) < 4.78 is 36.9. The van der Waals surface area contributed by atoms with E-state index in [2.05, 4.69) is 4.90 Å². The van der Waals surface area contributed by atoms with Gasteiger partial charge in [0.25, 0.3) is 0 Å². The molecule has 0 N–H and O–H groups in total. The number of nitrogens with zero attached hydrogens (tertiary/aromatic N) is 3. The van der Waals surface area contributed by atoms with Crippen LogP contribution in [0.5, 0.6) is 11.5 Å². The maximum absolute atomic E-state index is 13.2. The van der Waals surface area contributed by atoms with Crippen LogP contribution in [-0.4, -0.2) is 71.9 Å². The molecule has 1 saturated heterocycles. The summed E-state index contributed by atoms with van der Waals surface area (Å²) in [5.41, 5.74) is 1.47. The molecule has 1 fully saturated rings. The van der Waals surface area contributed by atoms with Crippen molar-refractivity contribution in [2.45, 2.75) is 13.0 Å². The Morgan fingerprint density at radius 1 is 0.968 bits per heavy atom. The molecule has 2 aromatic rings. The topological polar surface area (TPSA) is 79.4 Å². The van der Waals surface area contributed by atoms with Crippen molar-refractivity contribution < 1.29 is 22.7 Å². The maximum atomic E-state index is 13.2. The fraction of sp³-hybridized carbons (Fsp3) is 0.409. The second-order valence-corrected chi connectivity index (χ2v) is 9.28. The van der Waals surface area contributed by atoms with Crippen LogP contribution in [-0.2, 0) is 14.8 Å². The van der Waals surface area contributed by atoms with Crippen LogP contribution in [0.15, 0.2) is 48.5 Å². The highest BCUT2D eigenvalue weighted by atomic mass is 32.2. The molecule has 8 nitrogen and oxygen atoms in total. The van der Waals surface area contributed by atoms with E-state index in [1.165, 1.54) is 14.2 Å². The van der Waals surface area contributed by atoms with Gasteiger partial charge < -0.3 is 19.3 Å². The lowest BCUT2D eigenvalue weighted by molar-refractivity contribution is -0.132. The molecule has 1 aliphatic heterocycles. The highest BCUT2D eigenvalue weighted by Crippen LogP contribution is 2.33. The van der Waals surface area contributed by atoms with Crippen molar-refractivity contribution in [2.24, 2.45) is 0 Å². The first-order valence-electron chi connectivity index (χ1n) is 10.1. The van der Waals surface area contributed by atoms with Gasteiger partial charge in [0, 0.05) is 37.9 Å². The van der Waals surface area contributed by atoms with Gasteiger partial charge in [-0.15, -0.1) is 0 Å². The summed E-state index contributed by atoms with van der Waals surface area (Å²) in [6.45, 7) is 4.06. The number of methoxy groups -OCH3 is 2. The molecule has 2 aromatic carbocycles. The number of piperazine rings is 1. The van der Waals surface area contributed by atoms with Crippen LogP contribution in [0.1, 0.15) is 6.92 Å². The zero-order valence-electron chi connectivity index (χ0n) is 18.3. The maximum Gasteiger partial charge on any atom is 0.246 e. The SMILES string of the molecule is COc1ccc(N([C@H](C)C(=O)N2CCN(c3ccccc3)CC2)S(C)(=O)=O)cc1OC. The fourth-order valence-corrected chi connectivity index (χ4v) is 5.01. The van der Waals surface area contributed by atoms with Gasteiger partial charge in [-0.25, -0.2) is 8.42 Å². The lowest BCUT2D eigenvalue weighted by atomic mass is 10.2. The van der Waals surface area contributed by atoms with E-state index in [-0.39, 0.29) is 5.91 Å². The Bertz CT molecular complexity index is 1010. The summed E-state index contributed by atoms with van der Waals surface area (Å²) in [6, 6.07) is 13.9. The molecular formula is C22H29N3O5S. The summed E-state index contributed by atoms with van der Waals surface area (Å²) in [5, 5.41) is 0. The van der Waals surface area contributed by atoms with Crippen molar-refractivity contribution in [1.29, 1.82) is 0 Å². The van der Waals surface area contributed by atoms with E-state index in [9.17, 15) is 13.2 Å². The molecule has 1 aliphatic rings. The van der Waals surface area contributed by atoms with E-state index >= 15 is 0 Å². The number of carbonyl (C=O) groups is 1. The first kappa shape index (κ1) is 22.7. The van der Waals surface area contributed by atoms with Gasteiger partial charge in [-0.3, -0.25) is 9.10 Å². The number of anilines is 2. The minimum atomic E-state index is -3.72. The minimum Gasteiger partial charge on any atom is -0.493 e. The Labute approximate surface area is 184 Å². The number of rotatable bonds is 7. The Morgan fingerprint density at radius 2 is 1.58 bits per heavy atom. The lowest BCUT2D eigenvalue weighted by Crippen LogP contribution is -2.55. The second kappa shape index (κ2) is 9.47. The third-order valence-corrected chi connectivity index (χ3v) is 6.64. The van der Waals surface area contributed by atoms with Crippen LogP contribution in [0.4, 0.5) is 11.4 Å². The summed E-state index contributed by atoms with van der Waals surface area (Å²) in [6.07, 6.45) is 1.10. The molecule has 0 bridgehead atoms. The molecule has 0 aromatic heterocycles. The molecular weight excluding hydrogens is 418 g/mol. The van der Waals surface area contributed by atoms with Crippen LogP contribution in [0.2, 0.25) is 0 Å². The molecule has 1 amide bonds. The van der Waals surface area contributed by atoms with E-state index < -0.39 is 16.1 Å². The van der Waals surface area contributed by atoms with E-state index in [1.807, 2.05) is 30.3 Å². The van der Waals surface area contributed by atoms with Crippen molar-refractivity contribution in [3.8, 4) is 11.5 Å². The number of para-hydroxylation sites is 1. The van der Waals surface area contributed by atoms with Crippen molar-refractivity contribution in [3.63, 3.8) is 0 Å². The molecule has 0 aliphatic carbocycles. The van der Waals surface area contributed by atoms with Gasteiger partial charge in [0.2, 0.25) is 15.9 Å². The van der Waals surface area contributed by atoms with Crippen molar-refractivity contribution in [1.82, 2.24) is 4.90 Å². The Balaban J connectivity index is 1.78. The summed E-state index contributed by atoms with van der Waals surface area (Å²) in [5.74, 6) is 0.647. The predicted molar refractivity (Wildman–Crippen MR) is 122 cm³/mol. The van der Waals surface area contributed by atoms with E-state index in [0.29, 0.717) is 43.4 Å².